The van der Waals surface area contributed by atoms with Crippen LogP contribution in [0.5, 0.6) is 0 Å². The molecule has 1 aromatic heterocycles. The number of nitrogens with zero attached hydrogens (tertiary/aromatic N) is 1. The topological polar surface area (TPSA) is 62.2 Å². The number of pyridine rings is 1. The van der Waals surface area contributed by atoms with E-state index in [1.165, 1.54) is 12.8 Å². The van der Waals surface area contributed by atoms with Crippen LogP contribution in [0, 0.1) is 11.8 Å². The van der Waals surface area contributed by atoms with Gasteiger partial charge in [-0.15, -0.1) is 0 Å². The zero-order chi connectivity index (χ0) is 15.4. The van der Waals surface area contributed by atoms with Crippen LogP contribution >= 0.6 is 0 Å². The Morgan fingerprint density at radius 3 is 2.50 bits per heavy atom. The first-order valence-corrected chi connectivity index (χ1v) is 8.63. The van der Waals surface area contributed by atoms with Gasteiger partial charge in [-0.3, -0.25) is 9.78 Å². The summed E-state index contributed by atoms with van der Waals surface area (Å²) in [5.74, 6) is 0.636. The summed E-state index contributed by atoms with van der Waals surface area (Å²) in [7, 11) is 0. The van der Waals surface area contributed by atoms with Crippen molar-refractivity contribution in [3.05, 3.63) is 30.1 Å². The first-order valence-electron chi connectivity index (χ1n) is 8.63. The third kappa shape index (κ3) is 3.67. The molecule has 2 N–H and O–H groups in total. The predicted molar refractivity (Wildman–Crippen MR) is 85.0 cm³/mol. The van der Waals surface area contributed by atoms with Gasteiger partial charge in [-0.25, -0.2) is 0 Å². The highest BCUT2D eigenvalue weighted by atomic mass is 16.3. The molecule has 4 nitrogen and oxygen atoms in total. The van der Waals surface area contributed by atoms with Gasteiger partial charge in [-0.05, 0) is 43.7 Å². The lowest BCUT2D eigenvalue weighted by molar-refractivity contribution is -0.127. The molecule has 120 valence electrons. The van der Waals surface area contributed by atoms with Gasteiger partial charge in [0.15, 0.2) is 0 Å². The van der Waals surface area contributed by atoms with Crippen LogP contribution in [-0.2, 0) is 4.79 Å². The molecule has 2 aliphatic carbocycles. The minimum absolute atomic E-state index is 0.0552. The lowest BCUT2D eigenvalue weighted by Crippen LogP contribution is -2.43. The summed E-state index contributed by atoms with van der Waals surface area (Å²) in [4.78, 5) is 17.1. The molecule has 2 aliphatic rings. The first kappa shape index (κ1) is 15.5. The number of rotatable bonds is 4. The summed E-state index contributed by atoms with van der Waals surface area (Å²) in [5.41, 5.74) is 0.918. The molecule has 2 fully saturated rings. The van der Waals surface area contributed by atoms with Crippen molar-refractivity contribution in [2.24, 2.45) is 11.8 Å². The summed E-state index contributed by atoms with van der Waals surface area (Å²) in [6, 6.07) is 5.77. The van der Waals surface area contributed by atoms with Crippen molar-refractivity contribution in [3.8, 4) is 0 Å². The highest BCUT2D eigenvalue weighted by molar-refractivity contribution is 5.79. The Morgan fingerprint density at radius 1 is 1.18 bits per heavy atom. The molecule has 0 unspecified atom stereocenters. The molecule has 0 aliphatic heterocycles. The quantitative estimate of drug-likeness (QED) is 0.841. The maximum absolute atomic E-state index is 12.7. The van der Waals surface area contributed by atoms with Crippen LogP contribution in [0.2, 0.25) is 0 Å². The largest absolute Gasteiger partial charge is 0.393 e. The lowest BCUT2D eigenvalue weighted by atomic mass is 9.76. The van der Waals surface area contributed by atoms with Crippen LogP contribution in [0.15, 0.2) is 24.4 Å². The van der Waals surface area contributed by atoms with E-state index in [-0.39, 0.29) is 24.0 Å². The van der Waals surface area contributed by atoms with Crippen LogP contribution in [0.25, 0.3) is 0 Å². The van der Waals surface area contributed by atoms with Gasteiger partial charge in [0.25, 0.3) is 0 Å². The molecule has 1 amide bonds. The Hall–Kier alpha value is -1.42. The molecule has 0 aromatic carbocycles. The van der Waals surface area contributed by atoms with Gasteiger partial charge in [0.1, 0.15) is 0 Å². The molecule has 2 saturated carbocycles. The van der Waals surface area contributed by atoms with Crippen molar-refractivity contribution in [3.63, 3.8) is 0 Å². The van der Waals surface area contributed by atoms with Crippen molar-refractivity contribution >= 4 is 5.91 Å². The summed E-state index contributed by atoms with van der Waals surface area (Å²) in [6.45, 7) is 0. The number of aliphatic hydroxyl groups is 1. The molecule has 4 heteroatoms. The minimum Gasteiger partial charge on any atom is -0.393 e. The van der Waals surface area contributed by atoms with Crippen molar-refractivity contribution in [1.29, 1.82) is 0 Å². The fourth-order valence-electron chi connectivity index (χ4n) is 3.71. The Bertz CT molecular complexity index is 477. The van der Waals surface area contributed by atoms with Crippen molar-refractivity contribution < 1.29 is 9.90 Å². The zero-order valence-electron chi connectivity index (χ0n) is 13.1. The SMILES string of the molecule is O=C(N[C@@H](c1ccccn1)C1CC(O)C1)C1CCCCCC1. The molecule has 22 heavy (non-hydrogen) atoms. The van der Waals surface area contributed by atoms with E-state index in [1.54, 1.807) is 6.20 Å². The third-order valence-electron chi connectivity index (χ3n) is 5.15. The predicted octanol–water partition coefficient (Wildman–Crippen LogP) is 2.98. The molecular formula is C18H26N2O2. The number of aromatic nitrogens is 1. The average Bonchev–Trinajstić information content (AvgIpc) is 2.80. The molecule has 1 atom stereocenters. The number of amides is 1. The van der Waals surface area contributed by atoms with E-state index >= 15 is 0 Å². The van der Waals surface area contributed by atoms with Gasteiger partial charge >= 0.3 is 0 Å². The average molecular weight is 302 g/mol. The fourth-order valence-corrected chi connectivity index (χ4v) is 3.71. The van der Waals surface area contributed by atoms with Crippen molar-refractivity contribution in [2.45, 2.75) is 63.5 Å². The Labute approximate surface area is 132 Å². The Morgan fingerprint density at radius 2 is 1.91 bits per heavy atom. The molecule has 0 bridgehead atoms. The van der Waals surface area contributed by atoms with Crippen LogP contribution in [0.1, 0.15) is 63.1 Å². The highest BCUT2D eigenvalue weighted by Crippen LogP contribution is 2.38. The van der Waals surface area contributed by atoms with E-state index in [0.29, 0.717) is 5.92 Å². The van der Waals surface area contributed by atoms with Crippen LogP contribution in [0.4, 0.5) is 0 Å². The zero-order valence-corrected chi connectivity index (χ0v) is 13.1. The van der Waals surface area contributed by atoms with Crippen molar-refractivity contribution in [1.82, 2.24) is 10.3 Å². The van der Waals surface area contributed by atoms with E-state index < -0.39 is 0 Å². The number of nitrogens with one attached hydrogen (secondary N) is 1. The summed E-state index contributed by atoms with van der Waals surface area (Å²) >= 11 is 0. The minimum atomic E-state index is -0.217. The molecule has 0 radical (unpaired) electrons. The Kier molecular flexibility index (Phi) is 5.08. The molecule has 0 saturated heterocycles. The normalized spacial score (nSPS) is 27.5. The number of aliphatic hydroxyl groups excluding tert-OH is 1. The van der Waals surface area contributed by atoms with Gasteiger partial charge in [0.05, 0.1) is 17.8 Å². The van der Waals surface area contributed by atoms with E-state index in [9.17, 15) is 9.90 Å². The van der Waals surface area contributed by atoms with Gasteiger partial charge in [-0.1, -0.05) is 31.7 Å². The second-order valence-electron chi connectivity index (χ2n) is 6.81. The maximum atomic E-state index is 12.7. The second-order valence-corrected chi connectivity index (χ2v) is 6.81. The van der Waals surface area contributed by atoms with Crippen LogP contribution in [-0.4, -0.2) is 22.1 Å². The lowest BCUT2D eigenvalue weighted by Gasteiger charge is -2.38. The van der Waals surface area contributed by atoms with Gasteiger partial charge in [0, 0.05) is 12.1 Å². The van der Waals surface area contributed by atoms with Crippen LogP contribution in [0.3, 0.4) is 0 Å². The molecular weight excluding hydrogens is 276 g/mol. The van der Waals surface area contributed by atoms with E-state index in [2.05, 4.69) is 10.3 Å². The molecule has 0 spiro atoms. The summed E-state index contributed by atoms with van der Waals surface area (Å²) in [6.07, 6.45) is 9.91. The smallest absolute Gasteiger partial charge is 0.223 e. The standard InChI is InChI=1S/C18H26N2O2/c21-15-11-14(12-15)17(16-9-5-6-10-19-16)20-18(22)13-7-3-1-2-4-8-13/h5-6,9-10,13-15,17,21H,1-4,7-8,11-12H2,(H,20,22)/t14?,15?,17-/m1/s1. The van der Waals surface area contributed by atoms with Gasteiger partial charge in [0.2, 0.25) is 5.91 Å². The number of carbonyl (C=O) groups excluding carboxylic acids is 1. The molecule has 1 aromatic rings. The monoisotopic (exact) mass is 302 g/mol. The maximum Gasteiger partial charge on any atom is 0.223 e. The fraction of sp³-hybridized carbons (Fsp3) is 0.667. The molecule has 1 heterocycles. The molecule has 3 rings (SSSR count). The van der Waals surface area contributed by atoms with Gasteiger partial charge in [-0.2, -0.15) is 0 Å². The third-order valence-corrected chi connectivity index (χ3v) is 5.15. The number of hydrogen-bond donors (Lipinski definition) is 2. The van der Waals surface area contributed by atoms with Gasteiger partial charge < -0.3 is 10.4 Å². The Balaban J connectivity index is 1.68. The number of hydrogen-bond acceptors (Lipinski definition) is 3. The summed E-state index contributed by atoms with van der Waals surface area (Å²) in [5, 5.41) is 12.8. The number of carbonyl (C=O) groups is 1. The van der Waals surface area contributed by atoms with E-state index in [0.717, 1.165) is 44.2 Å². The summed E-state index contributed by atoms with van der Waals surface area (Å²) < 4.78 is 0. The van der Waals surface area contributed by atoms with Crippen LogP contribution < -0.4 is 5.32 Å². The first-order chi connectivity index (χ1) is 10.7. The highest BCUT2D eigenvalue weighted by Gasteiger charge is 2.37. The second kappa shape index (κ2) is 7.23. The van der Waals surface area contributed by atoms with E-state index in [1.807, 2.05) is 18.2 Å². The van der Waals surface area contributed by atoms with Crippen molar-refractivity contribution in [2.75, 3.05) is 0 Å². The van der Waals surface area contributed by atoms with E-state index in [4.69, 9.17) is 0 Å².